The minimum Gasteiger partial charge on any atom is -0.480 e. The Morgan fingerprint density at radius 1 is 0.902 bits per heavy atom. The van der Waals surface area contributed by atoms with Crippen LogP contribution in [-0.4, -0.2) is 76.6 Å². The Hall–Kier alpha value is -4.41. The van der Waals surface area contributed by atoms with Gasteiger partial charge >= 0.3 is 12.1 Å². The molecule has 3 rings (SSSR count). The molecule has 4 N–H and O–H groups in total. The summed E-state index contributed by atoms with van der Waals surface area (Å²) >= 11 is 0. The fourth-order valence-electron chi connectivity index (χ4n) is 4.58. The standard InChI is InChI=1S/C30H38N4O7/c1-30(2,3)41-29(40)33-22(17-20-11-6-4-7-12-20)27(37)34-16-10-15-24(34)26(36)31-19-25(35)32-23(28(38)39)18-21-13-8-5-9-14-21/h4-9,11-14,22-24H,10,15-19H2,1-3H3,(H,31,36)(H,32,35)(H,33,40)(H,38,39)/t22-,23-,24+/m1/s1. The van der Waals surface area contributed by atoms with E-state index in [2.05, 4.69) is 16.0 Å². The van der Waals surface area contributed by atoms with E-state index in [0.717, 1.165) is 11.1 Å². The molecule has 0 spiro atoms. The molecule has 0 aliphatic carbocycles. The van der Waals surface area contributed by atoms with Crippen molar-refractivity contribution in [3.05, 3.63) is 71.8 Å². The summed E-state index contributed by atoms with van der Waals surface area (Å²) in [6.07, 6.45) is 0.499. The largest absolute Gasteiger partial charge is 0.480 e. The summed E-state index contributed by atoms with van der Waals surface area (Å²) in [5.74, 6) is -2.82. The van der Waals surface area contributed by atoms with E-state index in [9.17, 15) is 29.1 Å². The fourth-order valence-corrected chi connectivity index (χ4v) is 4.58. The van der Waals surface area contributed by atoms with Crippen LogP contribution in [0.5, 0.6) is 0 Å². The number of benzene rings is 2. The van der Waals surface area contributed by atoms with E-state index in [1.807, 2.05) is 36.4 Å². The molecule has 11 nitrogen and oxygen atoms in total. The van der Waals surface area contributed by atoms with E-state index in [0.29, 0.717) is 19.4 Å². The molecule has 1 saturated heterocycles. The maximum absolute atomic E-state index is 13.6. The van der Waals surface area contributed by atoms with Crippen LogP contribution >= 0.6 is 0 Å². The van der Waals surface area contributed by atoms with Gasteiger partial charge in [0, 0.05) is 19.4 Å². The van der Waals surface area contributed by atoms with E-state index in [4.69, 9.17) is 4.74 Å². The minimum absolute atomic E-state index is 0.0915. The number of carboxylic acids is 1. The molecule has 0 radical (unpaired) electrons. The Morgan fingerprint density at radius 2 is 1.46 bits per heavy atom. The molecule has 0 saturated carbocycles. The van der Waals surface area contributed by atoms with Crippen LogP contribution in [0, 0.1) is 0 Å². The summed E-state index contributed by atoms with van der Waals surface area (Å²) < 4.78 is 5.36. The highest BCUT2D eigenvalue weighted by atomic mass is 16.6. The summed E-state index contributed by atoms with van der Waals surface area (Å²) in [6.45, 7) is 5.02. The molecule has 1 aliphatic heterocycles. The molecule has 2 aromatic carbocycles. The number of likely N-dealkylation sites (tertiary alicyclic amines) is 1. The van der Waals surface area contributed by atoms with Gasteiger partial charge in [-0.1, -0.05) is 60.7 Å². The lowest BCUT2D eigenvalue weighted by Gasteiger charge is -2.29. The molecule has 41 heavy (non-hydrogen) atoms. The molecule has 4 amide bonds. The zero-order chi connectivity index (χ0) is 30.0. The predicted octanol–water partition coefficient (Wildman–Crippen LogP) is 2.04. The molecule has 1 fully saturated rings. The van der Waals surface area contributed by atoms with Crippen LogP contribution in [0.15, 0.2) is 60.7 Å². The first-order valence-corrected chi connectivity index (χ1v) is 13.6. The number of ether oxygens (including phenoxy) is 1. The maximum Gasteiger partial charge on any atom is 0.408 e. The second kappa shape index (κ2) is 14.3. The van der Waals surface area contributed by atoms with Crippen molar-refractivity contribution >= 4 is 29.8 Å². The summed E-state index contributed by atoms with van der Waals surface area (Å²) in [5, 5.41) is 17.1. The minimum atomic E-state index is -1.19. The van der Waals surface area contributed by atoms with Gasteiger partial charge in [-0.2, -0.15) is 0 Å². The van der Waals surface area contributed by atoms with Crippen LogP contribution in [0.2, 0.25) is 0 Å². The van der Waals surface area contributed by atoms with Crippen molar-refractivity contribution in [2.45, 2.75) is 70.2 Å². The van der Waals surface area contributed by atoms with Crippen LogP contribution in [0.4, 0.5) is 4.79 Å². The quantitative estimate of drug-likeness (QED) is 0.325. The molecular weight excluding hydrogens is 528 g/mol. The first-order valence-electron chi connectivity index (χ1n) is 13.6. The van der Waals surface area contributed by atoms with E-state index in [-0.39, 0.29) is 12.8 Å². The zero-order valence-corrected chi connectivity index (χ0v) is 23.6. The highest BCUT2D eigenvalue weighted by Gasteiger charge is 2.38. The number of carbonyl (C=O) groups excluding carboxylic acids is 4. The number of carboxylic acid groups (broad SMARTS) is 1. The lowest BCUT2D eigenvalue weighted by atomic mass is 10.0. The van der Waals surface area contributed by atoms with Gasteiger partial charge in [0.05, 0.1) is 6.54 Å². The van der Waals surface area contributed by atoms with Crippen LogP contribution in [0.25, 0.3) is 0 Å². The molecule has 2 aromatic rings. The Balaban J connectivity index is 1.62. The van der Waals surface area contributed by atoms with Crippen molar-refractivity contribution in [1.82, 2.24) is 20.9 Å². The van der Waals surface area contributed by atoms with Gasteiger partial charge in [-0.05, 0) is 44.7 Å². The Morgan fingerprint density at radius 3 is 2.00 bits per heavy atom. The predicted molar refractivity (Wildman–Crippen MR) is 151 cm³/mol. The third-order valence-corrected chi connectivity index (χ3v) is 6.45. The third-order valence-electron chi connectivity index (χ3n) is 6.45. The second-order valence-corrected chi connectivity index (χ2v) is 10.9. The van der Waals surface area contributed by atoms with Crippen LogP contribution in [-0.2, 0) is 36.8 Å². The van der Waals surface area contributed by atoms with Gasteiger partial charge in [0.25, 0.3) is 0 Å². The second-order valence-electron chi connectivity index (χ2n) is 10.9. The molecule has 3 atom stereocenters. The van der Waals surface area contributed by atoms with Gasteiger partial charge in [0.1, 0.15) is 23.7 Å². The molecule has 0 bridgehead atoms. The first-order chi connectivity index (χ1) is 19.4. The number of amides is 4. The van der Waals surface area contributed by atoms with Crippen LogP contribution in [0.1, 0.15) is 44.7 Å². The van der Waals surface area contributed by atoms with E-state index in [1.165, 1.54) is 4.90 Å². The van der Waals surface area contributed by atoms with Gasteiger partial charge in [-0.15, -0.1) is 0 Å². The van der Waals surface area contributed by atoms with Gasteiger partial charge in [0.15, 0.2) is 0 Å². The number of hydrogen-bond acceptors (Lipinski definition) is 6. The number of aliphatic carboxylic acids is 1. The van der Waals surface area contributed by atoms with Crippen molar-refractivity contribution in [3.63, 3.8) is 0 Å². The number of alkyl carbamates (subject to hydrolysis) is 1. The summed E-state index contributed by atoms with van der Waals surface area (Å²) in [4.78, 5) is 64.8. The highest BCUT2D eigenvalue weighted by molar-refractivity contribution is 5.94. The Bertz CT molecular complexity index is 1210. The van der Waals surface area contributed by atoms with Gasteiger partial charge in [0.2, 0.25) is 17.7 Å². The maximum atomic E-state index is 13.6. The molecule has 11 heteroatoms. The van der Waals surface area contributed by atoms with E-state index >= 15 is 0 Å². The third kappa shape index (κ3) is 9.93. The monoisotopic (exact) mass is 566 g/mol. The normalized spacial score (nSPS) is 16.3. The van der Waals surface area contributed by atoms with Crippen LogP contribution < -0.4 is 16.0 Å². The van der Waals surface area contributed by atoms with E-state index in [1.54, 1.807) is 45.0 Å². The smallest absolute Gasteiger partial charge is 0.408 e. The SMILES string of the molecule is CC(C)(C)OC(=O)N[C@H](Cc1ccccc1)C(=O)N1CCC[C@H]1C(=O)NCC(=O)N[C@H](Cc1ccccc1)C(=O)O. The van der Waals surface area contributed by atoms with Crippen molar-refractivity contribution in [2.75, 3.05) is 13.1 Å². The molecule has 220 valence electrons. The van der Waals surface area contributed by atoms with Crippen LogP contribution in [0.3, 0.4) is 0 Å². The average molecular weight is 567 g/mol. The lowest BCUT2D eigenvalue weighted by Crippen LogP contribution is -2.55. The topological polar surface area (TPSA) is 154 Å². The number of nitrogens with one attached hydrogen (secondary N) is 3. The highest BCUT2D eigenvalue weighted by Crippen LogP contribution is 2.20. The Kier molecular flexibility index (Phi) is 10.8. The van der Waals surface area contributed by atoms with Crippen molar-refractivity contribution in [3.8, 4) is 0 Å². The summed E-state index contributed by atoms with van der Waals surface area (Å²) in [6, 6.07) is 15.1. The van der Waals surface area contributed by atoms with Crippen molar-refractivity contribution in [2.24, 2.45) is 0 Å². The Labute approximate surface area is 239 Å². The number of carbonyl (C=O) groups is 5. The number of hydrogen-bond donors (Lipinski definition) is 4. The van der Waals surface area contributed by atoms with Gasteiger partial charge < -0.3 is 30.7 Å². The fraction of sp³-hybridized carbons (Fsp3) is 0.433. The van der Waals surface area contributed by atoms with Gasteiger partial charge in [-0.25, -0.2) is 9.59 Å². The number of rotatable bonds is 11. The number of nitrogens with zero attached hydrogens (tertiary/aromatic N) is 1. The summed E-state index contributed by atoms with van der Waals surface area (Å²) in [5.41, 5.74) is 0.804. The lowest BCUT2D eigenvalue weighted by molar-refractivity contribution is -0.142. The van der Waals surface area contributed by atoms with Crippen molar-refractivity contribution < 1.29 is 33.8 Å². The summed E-state index contributed by atoms with van der Waals surface area (Å²) in [7, 11) is 0. The molecule has 1 heterocycles. The first kappa shape index (κ1) is 31.1. The average Bonchev–Trinajstić information content (AvgIpc) is 3.41. The van der Waals surface area contributed by atoms with E-state index < -0.39 is 60.1 Å². The van der Waals surface area contributed by atoms with Crippen molar-refractivity contribution in [1.29, 1.82) is 0 Å². The molecular formula is C30H38N4O7. The zero-order valence-electron chi connectivity index (χ0n) is 23.6. The molecule has 0 aromatic heterocycles. The molecule has 1 aliphatic rings. The molecule has 0 unspecified atom stereocenters. The van der Waals surface area contributed by atoms with Gasteiger partial charge in [-0.3, -0.25) is 14.4 Å².